The molecule has 0 aromatic heterocycles. The van der Waals surface area contributed by atoms with Crippen molar-refractivity contribution < 1.29 is 0 Å². The van der Waals surface area contributed by atoms with E-state index in [0.717, 1.165) is 28.4 Å². The number of para-hydroxylation sites is 3. The SMILES string of the molecule is c1ccc(-c2ccc(N3c4ccc(-c5ccccc5)cc4B4c5ccc(N(c6ccccc6)c6ccccc6)cc5N(c5ccccc5)c5cccc3c54)cc2)cc1. The summed E-state index contributed by atoms with van der Waals surface area (Å²) in [4.78, 5) is 7.31. The van der Waals surface area contributed by atoms with E-state index in [2.05, 4.69) is 245 Å². The number of hydrogen-bond donors (Lipinski definition) is 0. The first kappa shape index (κ1) is 33.8. The molecule has 9 aromatic carbocycles. The summed E-state index contributed by atoms with van der Waals surface area (Å²) in [6.07, 6.45) is 0. The molecule has 0 aliphatic carbocycles. The second-order valence-corrected chi connectivity index (χ2v) is 15.0. The Kier molecular flexibility index (Phi) is 8.26. The van der Waals surface area contributed by atoms with E-state index in [1.54, 1.807) is 0 Å². The molecule has 11 rings (SSSR count). The molecule has 0 saturated carbocycles. The third kappa shape index (κ3) is 5.69. The van der Waals surface area contributed by atoms with Gasteiger partial charge in [0.15, 0.2) is 0 Å². The fourth-order valence-corrected chi connectivity index (χ4v) is 9.04. The number of benzene rings is 9. The van der Waals surface area contributed by atoms with Crippen molar-refractivity contribution in [3.63, 3.8) is 0 Å². The lowest BCUT2D eigenvalue weighted by Crippen LogP contribution is -2.61. The lowest BCUT2D eigenvalue weighted by molar-refractivity contribution is 1.24. The first-order valence-corrected chi connectivity index (χ1v) is 20.0. The van der Waals surface area contributed by atoms with Crippen LogP contribution in [0.25, 0.3) is 22.3 Å². The first-order chi connectivity index (χ1) is 28.8. The summed E-state index contributed by atoms with van der Waals surface area (Å²) in [5.41, 5.74) is 19.0. The highest BCUT2D eigenvalue weighted by Crippen LogP contribution is 2.46. The second kappa shape index (κ2) is 14.2. The van der Waals surface area contributed by atoms with Gasteiger partial charge in [-0.05, 0) is 118 Å². The summed E-state index contributed by atoms with van der Waals surface area (Å²) in [5.74, 6) is 0. The third-order valence-corrected chi connectivity index (χ3v) is 11.6. The Labute approximate surface area is 340 Å². The van der Waals surface area contributed by atoms with Gasteiger partial charge in [0.1, 0.15) is 0 Å². The Morgan fingerprint density at radius 1 is 0.293 bits per heavy atom. The van der Waals surface area contributed by atoms with Crippen LogP contribution in [0.2, 0.25) is 0 Å². The van der Waals surface area contributed by atoms with Gasteiger partial charge in [0.05, 0.1) is 0 Å². The second-order valence-electron chi connectivity index (χ2n) is 15.0. The van der Waals surface area contributed by atoms with E-state index in [0.29, 0.717) is 0 Å². The van der Waals surface area contributed by atoms with Crippen molar-refractivity contribution in [3.05, 3.63) is 231 Å². The van der Waals surface area contributed by atoms with Crippen LogP contribution < -0.4 is 31.1 Å². The highest BCUT2D eigenvalue weighted by atomic mass is 15.2. The van der Waals surface area contributed by atoms with E-state index < -0.39 is 0 Å². The average molecular weight is 740 g/mol. The van der Waals surface area contributed by atoms with Gasteiger partial charge in [-0.1, -0.05) is 152 Å². The van der Waals surface area contributed by atoms with Gasteiger partial charge < -0.3 is 14.7 Å². The molecule has 0 bridgehead atoms. The molecule has 0 atom stereocenters. The van der Waals surface area contributed by atoms with Crippen LogP contribution in [0.4, 0.5) is 51.2 Å². The van der Waals surface area contributed by atoms with Crippen LogP contribution in [0.5, 0.6) is 0 Å². The van der Waals surface area contributed by atoms with Crippen molar-refractivity contribution in [2.24, 2.45) is 0 Å². The molecule has 0 unspecified atom stereocenters. The van der Waals surface area contributed by atoms with Crippen molar-refractivity contribution in [3.8, 4) is 22.3 Å². The minimum atomic E-state index is -0.00406. The molecule has 0 radical (unpaired) electrons. The maximum Gasteiger partial charge on any atom is 0.252 e. The fraction of sp³-hybridized carbons (Fsp3) is 0. The summed E-state index contributed by atoms with van der Waals surface area (Å²) in [5, 5.41) is 0. The lowest BCUT2D eigenvalue weighted by atomic mass is 9.33. The Hall–Kier alpha value is -7.56. The average Bonchev–Trinajstić information content (AvgIpc) is 3.30. The van der Waals surface area contributed by atoms with Crippen molar-refractivity contribution in [1.82, 2.24) is 0 Å². The zero-order valence-electron chi connectivity index (χ0n) is 31.9. The van der Waals surface area contributed by atoms with Crippen LogP contribution in [-0.2, 0) is 0 Å². The predicted molar refractivity (Wildman–Crippen MR) is 246 cm³/mol. The molecule has 3 nitrogen and oxygen atoms in total. The predicted octanol–water partition coefficient (Wildman–Crippen LogP) is 12.6. The zero-order chi connectivity index (χ0) is 38.4. The summed E-state index contributed by atoms with van der Waals surface area (Å²) < 4.78 is 0. The van der Waals surface area contributed by atoms with Crippen LogP contribution in [0.15, 0.2) is 231 Å². The minimum absolute atomic E-state index is 0.00406. The van der Waals surface area contributed by atoms with Crippen LogP contribution in [0.3, 0.4) is 0 Å². The van der Waals surface area contributed by atoms with Crippen molar-refractivity contribution in [2.75, 3.05) is 14.7 Å². The van der Waals surface area contributed by atoms with Crippen LogP contribution in [0, 0.1) is 0 Å². The van der Waals surface area contributed by atoms with Crippen molar-refractivity contribution >= 4 is 74.3 Å². The quantitative estimate of drug-likeness (QED) is 0.151. The summed E-state index contributed by atoms with van der Waals surface area (Å²) >= 11 is 0. The van der Waals surface area contributed by atoms with Gasteiger partial charge in [-0.2, -0.15) is 0 Å². The third-order valence-electron chi connectivity index (χ3n) is 11.6. The largest absolute Gasteiger partial charge is 0.311 e. The van der Waals surface area contributed by atoms with E-state index in [1.165, 1.54) is 61.4 Å². The highest BCUT2D eigenvalue weighted by Gasteiger charge is 2.43. The minimum Gasteiger partial charge on any atom is -0.311 e. The summed E-state index contributed by atoms with van der Waals surface area (Å²) in [6, 6.07) is 83.6. The number of fused-ring (bicyclic) bond motifs is 4. The molecule has 272 valence electrons. The Balaban J connectivity index is 1.16. The Morgan fingerprint density at radius 2 is 0.776 bits per heavy atom. The van der Waals surface area contributed by atoms with Gasteiger partial charge in [-0.25, -0.2) is 0 Å². The zero-order valence-corrected chi connectivity index (χ0v) is 31.9. The molecular formula is C54H38BN3. The van der Waals surface area contributed by atoms with E-state index >= 15 is 0 Å². The van der Waals surface area contributed by atoms with E-state index in [9.17, 15) is 0 Å². The van der Waals surface area contributed by atoms with E-state index in [-0.39, 0.29) is 6.71 Å². The maximum atomic E-state index is 2.48. The van der Waals surface area contributed by atoms with E-state index in [1.807, 2.05) is 0 Å². The molecule has 2 aliphatic heterocycles. The van der Waals surface area contributed by atoms with Gasteiger partial charge in [-0.15, -0.1) is 0 Å². The van der Waals surface area contributed by atoms with Crippen molar-refractivity contribution in [1.29, 1.82) is 0 Å². The standard InChI is InChI=1S/C54H38BN3/c1-6-17-39(18-7-1)41-29-32-46(33-30-41)57-50-36-31-42(40-19-8-2-9-20-40)37-49(50)55-48-35-34-47(56(43-21-10-3-11-22-43)44-23-12-4-13-24-44)38-53(48)58(45-25-14-5-15-26-45)52-28-16-27-51(57)54(52)55/h1-38H. The summed E-state index contributed by atoms with van der Waals surface area (Å²) in [7, 11) is 0. The number of anilines is 9. The van der Waals surface area contributed by atoms with Crippen LogP contribution >= 0.6 is 0 Å². The van der Waals surface area contributed by atoms with Gasteiger partial charge in [0.2, 0.25) is 0 Å². The molecule has 2 heterocycles. The number of hydrogen-bond acceptors (Lipinski definition) is 3. The molecule has 9 aromatic rings. The van der Waals surface area contributed by atoms with Gasteiger partial charge in [0.25, 0.3) is 6.71 Å². The fourth-order valence-electron chi connectivity index (χ4n) is 9.04. The highest BCUT2D eigenvalue weighted by molar-refractivity contribution is 7.00. The van der Waals surface area contributed by atoms with E-state index in [4.69, 9.17) is 0 Å². The maximum absolute atomic E-state index is 2.48. The molecule has 0 amide bonds. The van der Waals surface area contributed by atoms with Gasteiger partial charge in [0, 0.05) is 51.2 Å². The number of rotatable bonds is 7. The smallest absolute Gasteiger partial charge is 0.252 e. The number of nitrogens with zero attached hydrogens (tertiary/aromatic N) is 3. The van der Waals surface area contributed by atoms with Gasteiger partial charge in [-0.3, -0.25) is 0 Å². The normalized spacial score (nSPS) is 12.4. The molecule has 2 aliphatic rings. The molecule has 4 heteroatoms. The molecule has 0 N–H and O–H groups in total. The monoisotopic (exact) mass is 739 g/mol. The Morgan fingerprint density at radius 3 is 1.38 bits per heavy atom. The topological polar surface area (TPSA) is 9.72 Å². The molecule has 0 spiro atoms. The Bertz CT molecular complexity index is 2840. The van der Waals surface area contributed by atoms with Crippen LogP contribution in [0.1, 0.15) is 0 Å². The van der Waals surface area contributed by atoms with Crippen molar-refractivity contribution in [2.45, 2.75) is 0 Å². The molecule has 58 heavy (non-hydrogen) atoms. The first-order valence-electron chi connectivity index (χ1n) is 20.0. The summed E-state index contributed by atoms with van der Waals surface area (Å²) in [6.45, 7) is -0.00406. The molecule has 0 saturated heterocycles. The molecule has 0 fully saturated rings. The van der Waals surface area contributed by atoms with Crippen LogP contribution in [-0.4, -0.2) is 6.71 Å². The molecular weight excluding hydrogens is 701 g/mol. The van der Waals surface area contributed by atoms with Gasteiger partial charge >= 0.3 is 0 Å². The lowest BCUT2D eigenvalue weighted by Gasteiger charge is -2.44.